The molecule has 2 aliphatic rings. The van der Waals surface area contributed by atoms with Gasteiger partial charge in [-0.05, 0) is 36.6 Å². The summed E-state index contributed by atoms with van der Waals surface area (Å²) in [6.45, 7) is 6.70. The molecule has 1 amide bonds. The summed E-state index contributed by atoms with van der Waals surface area (Å²) in [5.74, 6) is -0.569. The average Bonchev–Trinajstić information content (AvgIpc) is 3.01. The Labute approximate surface area is 186 Å². The molecule has 1 N–H and O–H groups in total. The van der Waals surface area contributed by atoms with Crippen LogP contribution in [0.3, 0.4) is 0 Å². The molecule has 162 valence electrons. The molecule has 0 saturated carbocycles. The van der Waals surface area contributed by atoms with E-state index in [0.29, 0.717) is 27.9 Å². The summed E-state index contributed by atoms with van der Waals surface area (Å²) in [5, 5.41) is 9.09. The lowest BCUT2D eigenvalue weighted by molar-refractivity contribution is -0.145. The number of thiocarbonyl (C=S) groups is 1. The van der Waals surface area contributed by atoms with Crippen molar-refractivity contribution in [3.8, 4) is 5.75 Å². The number of hydrogen-bond donors (Lipinski definition) is 1. The zero-order valence-electron chi connectivity index (χ0n) is 16.9. The highest BCUT2D eigenvalue weighted by Gasteiger charge is 2.31. The molecule has 0 aliphatic carbocycles. The summed E-state index contributed by atoms with van der Waals surface area (Å²) in [7, 11) is 0. The topological polar surface area (TPSA) is 79.3 Å². The van der Waals surface area contributed by atoms with Crippen molar-refractivity contribution in [3.05, 3.63) is 34.7 Å². The van der Waals surface area contributed by atoms with E-state index in [9.17, 15) is 9.59 Å². The van der Waals surface area contributed by atoms with Crippen LogP contribution in [0.5, 0.6) is 5.75 Å². The monoisotopic (exact) mass is 450 g/mol. The molecule has 1 aromatic carbocycles. The van der Waals surface area contributed by atoms with Gasteiger partial charge in [-0.2, -0.15) is 0 Å². The minimum atomic E-state index is -0.987. The Kier molecular flexibility index (Phi) is 8.26. The maximum atomic E-state index is 12.8. The molecule has 0 radical (unpaired) electrons. The highest BCUT2D eigenvalue weighted by molar-refractivity contribution is 8.26. The van der Waals surface area contributed by atoms with E-state index in [4.69, 9.17) is 26.8 Å². The van der Waals surface area contributed by atoms with Gasteiger partial charge in [0.1, 0.15) is 10.1 Å². The third kappa shape index (κ3) is 6.04. The van der Waals surface area contributed by atoms with E-state index in [1.807, 2.05) is 0 Å². The Morgan fingerprint density at radius 1 is 1.30 bits per heavy atom. The summed E-state index contributed by atoms with van der Waals surface area (Å²) in [6.07, 6.45) is 2.18. The number of thioether (sulfide) groups is 1. The van der Waals surface area contributed by atoms with Gasteiger partial charge in [0.05, 0.1) is 18.1 Å². The Bertz CT molecular complexity index is 806. The van der Waals surface area contributed by atoms with Gasteiger partial charge in [-0.15, -0.1) is 0 Å². The van der Waals surface area contributed by atoms with E-state index >= 15 is 0 Å². The molecule has 1 aromatic rings. The molecular weight excluding hydrogens is 424 g/mol. The molecule has 2 fully saturated rings. The summed E-state index contributed by atoms with van der Waals surface area (Å²) in [4.78, 5) is 28.5. The summed E-state index contributed by atoms with van der Waals surface area (Å²) in [6, 6.07) is 7.02. The number of carboxylic acids is 1. The van der Waals surface area contributed by atoms with Crippen LogP contribution in [0.2, 0.25) is 0 Å². The van der Waals surface area contributed by atoms with Crippen molar-refractivity contribution in [2.75, 3.05) is 39.4 Å². The first-order chi connectivity index (χ1) is 14.5. The lowest BCUT2D eigenvalue weighted by atomic mass is 10.2. The van der Waals surface area contributed by atoms with Crippen molar-refractivity contribution in [3.63, 3.8) is 0 Å². The third-order valence-corrected chi connectivity index (χ3v) is 6.31. The van der Waals surface area contributed by atoms with Crippen molar-refractivity contribution in [1.29, 1.82) is 0 Å². The predicted octanol–water partition coefficient (Wildman–Crippen LogP) is 2.85. The Balaban J connectivity index is 1.55. The molecule has 1 unspecified atom stereocenters. The minimum absolute atomic E-state index is 0.0655. The number of carbonyl (C=O) groups excluding carboxylic acids is 1. The van der Waals surface area contributed by atoms with E-state index in [2.05, 4.69) is 4.90 Å². The summed E-state index contributed by atoms with van der Waals surface area (Å²) < 4.78 is 11.4. The number of amides is 1. The van der Waals surface area contributed by atoms with Gasteiger partial charge >= 0.3 is 5.97 Å². The Morgan fingerprint density at radius 3 is 2.63 bits per heavy atom. The van der Waals surface area contributed by atoms with E-state index in [1.165, 1.54) is 11.8 Å². The van der Waals surface area contributed by atoms with Crippen molar-refractivity contribution in [2.45, 2.75) is 25.9 Å². The fourth-order valence-electron chi connectivity index (χ4n) is 3.24. The van der Waals surface area contributed by atoms with Crippen molar-refractivity contribution in [2.24, 2.45) is 0 Å². The summed E-state index contributed by atoms with van der Waals surface area (Å²) in [5.41, 5.74) is 0.833. The van der Waals surface area contributed by atoms with E-state index in [-0.39, 0.29) is 5.91 Å². The number of rotatable bonds is 9. The lowest BCUT2D eigenvalue weighted by Gasteiger charge is -2.27. The zero-order chi connectivity index (χ0) is 21.5. The number of nitrogens with zero attached hydrogens (tertiary/aromatic N) is 2. The van der Waals surface area contributed by atoms with Crippen LogP contribution in [0, 0.1) is 0 Å². The second-order valence-corrected chi connectivity index (χ2v) is 8.74. The van der Waals surface area contributed by atoms with Gasteiger partial charge in [-0.3, -0.25) is 14.6 Å². The smallest absolute Gasteiger partial charge is 0.344 e. The summed E-state index contributed by atoms with van der Waals surface area (Å²) >= 11 is 6.72. The maximum Gasteiger partial charge on any atom is 0.344 e. The molecule has 0 bridgehead atoms. The van der Waals surface area contributed by atoms with Crippen molar-refractivity contribution in [1.82, 2.24) is 9.80 Å². The van der Waals surface area contributed by atoms with E-state index in [0.717, 1.165) is 44.8 Å². The fourth-order valence-corrected chi connectivity index (χ4v) is 4.55. The third-order valence-electron chi connectivity index (χ3n) is 4.94. The van der Waals surface area contributed by atoms with Gasteiger partial charge in [0.25, 0.3) is 5.91 Å². The highest BCUT2D eigenvalue weighted by Crippen LogP contribution is 2.33. The number of carboxylic acid groups (broad SMARTS) is 1. The minimum Gasteiger partial charge on any atom is -0.479 e. The van der Waals surface area contributed by atoms with E-state index < -0.39 is 12.1 Å². The van der Waals surface area contributed by atoms with Crippen LogP contribution in [-0.2, 0) is 14.3 Å². The molecule has 2 saturated heterocycles. The molecule has 0 spiro atoms. The number of carbonyl (C=O) groups is 2. The molecule has 1 atom stereocenters. The van der Waals surface area contributed by atoms with Gasteiger partial charge in [0.15, 0.2) is 6.10 Å². The zero-order valence-corrected chi connectivity index (χ0v) is 18.5. The lowest BCUT2D eigenvalue weighted by Crippen LogP contribution is -2.38. The largest absolute Gasteiger partial charge is 0.479 e. The fraction of sp³-hybridized carbons (Fsp3) is 0.476. The van der Waals surface area contributed by atoms with Crippen LogP contribution < -0.4 is 4.74 Å². The number of hydrogen-bond acceptors (Lipinski definition) is 7. The standard InChI is InChI=1S/C21H26N2O5S2/c1-2-17(20(25)26)28-16-6-4-15(5-7-16)14-18-19(24)23(21(29)30-18)9-3-8-22-10-12-27-13-11-22/h4-7,14,17H,2-3,8-13H2,1H3,(H,25,26)/b18-14+. The second-order valence-electron chi connectivity index (χ2n) is 7.06. The number of morpholine rings is 1. The molecule has 7 nitrogen and oxygen atoms in total. The molecule has 2 aliphatic heterocycles. The van der Waals surface area contributed by atoms with Crippen LogP contribution in [0.4, 0.5) is 0 Å². The second kappa shape index (κ2) is 10.9. The first-order valence-electron chi connectivity index (χ1n) is 10.0. The van der Waals surface area contributed by atoms with Gasteiger partial charge in [0.2, 0.25) is 0 Å². The van der Waals surface area contributed by atoms with Gasteiger partial charge in [-0.25, -0.2) is 4.79 Å². The van der Waals surface area contributed by atoms with Crippen LogP contribution in [0.25, 0.3) is 6.08 Å². The molecule has 30 heavy (non-hydrogen) atoms. The molecule has 2 heterocycles. The van der Waals surface area contributed by atoms with Crippen molar-refractivity contribution >= 4 is 46.3 Å². The molecular formula is C21H26N2O5S2. The van der Waals surface area contributed by atoms with Crippen LogP contribution in [0.1, 0.15) is 25.3 Å². The normalized spacial score (nSPS) is 20.0. The predicted molar refractivity (Wildman–Crippen MR) is 121 cm³/mol. The van der Waals surface area contributed by atoms with E-state index in [1.54, 1.807) is 42.2 Å². The van der Waals surface area contributed by atoms with Crippen LogP contribution in [0.15, 0.2) is 29.2 Å². The van der Waals surface area contributed by atoms with Gasteiger partial charge < -0.3 is 14.6 Å². The highest BCUT2D eigenvalue weighted by atomic mass is 32.2. The van der Waals surface area contributed by atoms with Crippen LogP contribution >= 0.6 is 24.0 Å². The van der Waals surface area contributed by atoms with Crippen LogP contribution in [-0.4, -0.2) is 76.6 Å². The number of benzene rings is 1. The first-order valence-corrected chi connectivity index (χ1v) is 11.3. The molecule has 9 heteroatoms. The van der Waals surface area contributed by atoms with Gasteiger partial charge in [-0.1, -0.05) is 43.0 Å². The molecule has 3 rings (SSSR count). The van der Waals surface area contributed by atoms with Crippen molar-refractivity contribution < 1.29 is 24.2 Å². The number of aliphatic carboxylic acids is 1. The van der Waals surface area contributed by atoms with Gasteiger partial charge in [0, 0.05) is 26.2 Å². The number of ether oxygens (including phenoxy) is 2. The average molecular weight is 451 g/mol. The Hall–Kier alpha value is -1.94. The Morgan fingerprint density at radius 2 is 2.00 bits per heavy atom. The molecule has 0 aromatic heterocycles. The SMILES string of the molecule is CCC(Oc1ccc(/C=C2/SC(=S)N(CCCN3CCOCC3)C2=O)cc1)C(=O)O. The first kappa shape index (κ1) is 22.7. The maximum absolute atomic E-state index is 12.8. The quantitative estimate of drug-likeness (QED) is 0.455.